The third-order valence-corrected chi connectivity index (χ3v) is 3.67. The molecule has 1 amide bonds. The summed E-state index contributed by atoms with van der Waals surface area (Å²) in [6.45, 7) is 3.65. The van der Waals surface area contributed by atoms with Crippen LogP contribution in [0.1, 0.15) is 56.9 Å². The maximum absolute atomic E-state index is 11.8. The van der Waals surface area contributed by atoms with Crippen LogP contribution in [0.4, 0.5) is 0 Å². The first-order chi connectivity index (χ1) is 9.77. The molecule has 0 saturated heterocycles. The number of hydrogen-bond donors (Lipinski definition) is 2. The molecule has 1 unspecified atom stereocenters. The fraction of sp³-hybridized carbons (Fsp3) is 0.588. The van der Waals surface area contributed by atoms with Crippen molar-refractivity contribution in [3.63, 3.8) is 0 Å². The summed E-state index contributed by atoms with van der Waals surface area (Å²) in [5.41, 5.74) is 6.75. The highest BCUT2D eigenvalue weighted by Gasteiger charge is 2.10. The van der Waals surface area contributed by atoms with Crippen molar-refractivity contribution in [1.29, 1.82) is 0 Å². The van der Waals surface area contributed by atoms with Crippen molar-refractivity contribution in [2.75, 3.05) is 13.1 Å². The quantitative estimate of drug-likeness (QED) is 0.645. The largest absolute Gasteiger partial charge is 0.355 e. The van der Waals surface area contributed by atoms with Crippen LogP contribution >= 0.6 is 0 Å². The predicted octanol–water partition coefficient (Wildman–Crippen LogP) is 3.21. The molecule has 3 N–H and O–H groups in total. The smallest absolute Gasteiger partial charge is 0.220 e. The van der Waals surface area contributed by atoms with E-state index in [1.165, 1.54) is 5.56 Å². The van der Waals surface area contributed by atoms with E-state index >= 15 is 0 Å². The third-order valence-electron chi connectivity index (χ3n) is 3.67. The van der Waals surface area contributed by atoms with Crippen LogP contribution in [0.25, 0.3) is 0 Å². The van der Waals surface area contributed by atoms with Gasteiger partial charge in [0.05, 0.1) is 0 Å². The molecule has 0 aromatic heterocycles. The Morgan fingerprint density at radius 2 is 1.85 bits per heavy atom. The fourth-order valence-electron chi connectivity index (χ4n) is 2.33. The van der Waals surface area contributed by atoms with Gasteiger partial charge in [-0.3, -0.25) is 4.79 Å². The van der Waals surface area contributed by atoms with Crippen molar-refractivity contribution in [3.05, 3.63) is 35.9 Å². The van der Waals surface area contributed by atoms with E-state index in [2.05, 4.69) is 36.5 Å². The van der Waals surface area contributed by atoms with Gasteiger partial charge in [0.2, 0.25) is 5.91 Å². The summed E-state index contributed by atoms with van der Waals surface area (Å²) in [5.74, 6) is 0.588. The normalized spacial score (nSPS) is 12.1. The van der Waals surface area contributed by atoms with Gasteiger partial charge in [0.25, 0.3) is 0 Å². The van der Waals surface area contributed by atoms with Crippen molar-refractivity contribution >= 4 is 5.91 Å². The molecule has 1 atom stereocenters. The van der Waals surface area contributed by atoms with E-state index in [0.29, 0.717) is 12.3 Å². The lowest BCUT2D eigenvalue weighted by Crippen LogP contribution is -2.28. The lowest BCUT2D eigenvalue weighted by Gasteiger charge is -2.16. The Kier molecular flexibility index (Phi) is 8.72. The molecule has 0 radical (unpaired) electrons. The summed E-state index contributed by atoms with van der Waals surface area (Å²) < 4.78 is 0. The Balaban J connectivity index is 2.22. The van der Waals surface area contributed by atoms with Crippen molar-refractivity contribution in [1.82, 2.24) is 5.32 Å². The average molecular weight is 276 g/mol. The van der Waals surface area contributed by atoms with E-state index in [0.717, 1.165) is 45.2 Å². The molecule has 3 heteroatoms. The first kappa shape index (κ1) is 16.7. The number of benzene rings is 1. The predicted molar refractivity (Wildman–Crippen MR) is 84.6 cm³/mol. The zero-order valence-electron chi connectivity index (χ0n) is 12.6. The highest BCUT2D eigenvalue weighted by atomic mass is 16.1. The molecule has 0 aliphatic heterocycles. The highest BCUT2D eigenvalue weighted by Crippen LogP contribution is 2.18. The second-order valence-electron chi connectivity index (χ2n) is 5.27. The molecule has 0 aliphatic carbocycles. The lowest BCUT2D eigenvalue weighted by molar-refractivity contribution is -0.121. The number of nitrogens with two attached hydrogens (primary N) is 1. The van der Waals surface area contributed by atoms with Gasteiger partial charge in [0.15, 0.2) is 0 Å². The van der Waals surface area contributed by atoms with Crippen molar-refractivity contribution in [2.24, 2.45) is 5.73 Å². The minimum Gasteiger partial charge on any atom is -0.355 e. The third kappa shape index (κ3) is 6.71. The van der Waals surface area contributed by atoms with Gasteiger partial charge in [-0.1, -0.05) is 50.1 Å². The second-order valence-corrected chi connectivity index (χ2v) is 5.27. The van der Waals surface area contributed by atoms with Gasteiger partial charge in [-0.2, -0.15) is 0 Å². The molecular weight excluding hydrogens is 248 g/mol. The van der Waals surface area contributed by atoms with Crippen molar-refractivity contribution in [3.8, 4) is 0 Å². The Hall–Kier alpha value is -1.35. The van der Waals surface area contributed by atoms with Gasteiger partial charge < -0.3 is 11.1 Å². The zero-order valence-corrected chi connectivity index (χ0v) is 12.6. The van der Waals surface area contributed by atoms with Crippen molar-refractivity contribution in [2.45, 2.75) is 51.4 Å². The molecule has 3 nitrogen and oxygen atoms in total. The van der Waals surface area contributed by atoms with Crippen LogP contribution in [0, 0.1) is 0 Å². The highest BCUT2D eigenvalue weighted by molar-refractivity contribution is 5.75. The summed E-state index contributed by atoms with van der Waals surface area (Å²) in [6.07, 6.45) is 5.93. The molecule has 0 fully saturated rings. The summed E-state index contributed by atoms with van der Waals surface area (Å²) in [6, 6.07) is 10.4. The molecule has 0 spiro atoms. The topological polar surface area (TPSA) is 55.1 Å². The summed E-state index contributed by atoms with van der Waals surface area (Å²) >= 11 is 0. The van der Waals surface area contributed by atoms with Gasteiger partial charge in [-0.25, -0.2) is 0 Å². The first-order valence-corrected chi connectivity index (χ1v) is 7.79. The summed E-state index contributed by atoms with van der Waals surface area (Å²) in [7, 11) is 0. The molecule has 112 valence electrons. The number of hydrogen-bond acceptors (Lipinski definition) is 2. The molecule has 20 heavy (non-hydrogen) atoms. The minimum absolute atomic E-state index is 0.173. The summed E-state index contributed by atoms with van der Waals surface area (Å²) in [5, 5.41) is 3.06. The number of nitrogens with one attached hydrogen (secondary N) is 1. The van der Waals surface area contributed by atoms with Gasteiger partial charge in [0, 0.05) is 18.9 Å². The molecule has 0 saturated carbocycles. The maximum atomic E-state index is 11.8. The Labute approximate surface area is 122 Å². The maximum Gasteiger partial charge on any atom is 0.220 e. The number of unbranched alkanes of at least 4 members (excludes halogenated alkanes) is 3. The minimum atomic E-state index is 0.173. The molecular formula is C17H28N2O. The van der Waals surface area contributed by atoms with Gasteiger partial charge in [-0.05, 0) is 31.4 Å². The number of carbonyl (C=O) groups excluding carboxylic acids is 1. The van der Waals surface area contributed by atoms with Gasteiger partial charge in [0.1, 0.15) is 0 Å². The van der Waals surface area contributed by atoms with E-state index in [4.69, 9.17) is 5.73 Å². The standard InChI is InChI=1S/C17H28N2O/c1-2-15(16-10-6-5-7-11-16)14-19-17(20)12-8-3-4-9-13-18/h5-7,10-11,15H,2-4,8-9,12-14,18H2,1H3,(H,19,20). The number of rotatable bonds is 10. The monoisotopic (exact) mass is 276 g/mol. The van der Waals surface area contributed by atoms with Crippen LogP contribution in [0.15, 0.2) is 30.3 Å². The van der Waals surface area contributed by atoms with Crippen LogP contribution in [-0.2, 0) is 4.79 Å². The van der Waals surface area contributed by atoms with Crippen LogP contribution < -0.4 is 11.1 Å². The molecule has 1 aromatic carbocycles. The van der Waals surface area contributed by atoms with Gasteiger partial charge >= 0.3 is 0 Å². The van der Waals surface area contributed by atoms with E-state index in [-0.39, 0.29) is 5.91 Å². The Bertz CT molecular complexity index is 365. The van der Waals surface area contributed by atoms with Crippen molar-refractivity contribution < 1.29 is 4.79 Å². The molecule has 1 aromatic rings. The van der Waals surface area contributed by atoms with Crippen LogP contribution in [0.2, 0.25) is 0 Å². The van der Waals surface area contributed by atoms with E-state index in [1.54, 1.807) is 0 Å². The zero-order chi connectivity index (χ0) is 14.6. The Morgan fingerprint density at radius 3 is 2.50 bits per heavy atom. The van der Waals surface area contributed by atoms with Gasteiger partial charge in [-0.15, -0.1) is 0 Å². The lowest BCUT2D eigenvalue weighted by atomic mass is 9.96. The van der Waals surface area contributed by atoms with E-state index in [1.807, 2.05) is 6.07 Å². The van der Waals surface area contributed by atoms with E-state index < -0.39 is 0 Å². The molecule has 0 bridgehead atoms. The number of carbonyl (C=O) groups is 1. The SMILES string of the molecule is CCC(CNC(=O)CCCCCCN)c1ccccc1. The number of amides is 1. The van der Waals surface area contributed by atoms with Crippen LogP contribution in [-0.4, -0.2) is 19.0 Å². The molecule has 0 aliphatic rings. The average Bonchev–Trinajstić information content (AvgIpc) is 2.49. The fourth-order valence-corrected chi connectivity index (χ4v) is 2.33. The van der Waals surface area contributed by atoms with Crippen LogP contribution in [0.5, 0.6) is 0 Å². The van der Waals surface area contributed by atoms with Crippen LogP contribution in [0.3, 0.4) is 0 Å². The molecule has 0 heterocycles. The molecule has 1 rings (SSSR count). The second kappa shape index (κ2) is 10.4. The Morgan fingerprint density at radius 1 is 1.15 bits per heavy atom. The van der Waals surface area contributed by atoms with E-state index in [9.17, 15) is 4.79 Å². The summed E-state index contributed by atoms with van der Waals surface area (Å²) in [4.78, 5) is 11.8. The first-order valence-electron chi connectivity index (χ1n) is 7.79.